The average Bonchev–Trinajstić information content (AvgIpc) is 2.56. The monoisotopic (exact) mass is 334 g/mol. The first kappa shape index (κ1) is 20.2. The first-order valence-electron chi connectivity index (χ1n) is 8.36. The molecule has 0 aliphatic heterocycles. The van der Waals surface area contributed by atoms with Crippen LogP contribution in [0.15, 0.2) is 34.4 Å². The summed E-state index contributed by atoms with van der Waals surface area (Å²) in [6.07, 6.45) is 6.09. The largest absolute Gasteiger partial charge is 0.466 e. The van der Waals surface area contributed by atoms with Crippen LogP contribution in [0.5, 0.6) is 0 Å². The number of allylic oxidation sites excluding steroid dienone is 4. The van der Waals surface area contributed by atoms with Gasteiger partial charge in [-0.2, -0.15) is 0 Å². The lowest BCUT2D eigenvalue weighted by molar-refractivity contribution is -0.139. The van der Waals surface area contributed by atoms with Crippen LogP contribution in [-0.4, -0.2) is 26.2 Å². The normalized spacial score (nSPS) is 17.3. The molecule has 0 aromatic rings. The first-order valence-corrected chi connectivity index (χ1v) is 8.36. The van der Waals surface area contributed by atoms with Gasteiger partial charge in [-0.1, -0.05) is 51.0 Å². The summed E-state index contributed by atoms with van der Waals surface area (Å²) in [5, 5.41) is 0. The molecule has 0 bridgehead atoms. The van der Waals surface area contributed by atoms with Gasteiger partial charge in [0.25, 0.3) is 0 Å². The Kier molecular flexibility index (Phi) is 7.00. The SMILES string of the molecule is COC(=O)C1=C(C(=O)OC)CC(C(C)C/C=C(\C)C(C)(C)C)=CC1. The molecule has 1 rings (SSSR count). The molecule has 1 unspecified atom stereocenters. The van der Waals surface area contributed by atoms with Gasteiger partial charge in [-0.25, -0.2) is 9.59 Å². The Morgan fingerprint density at radius 1 is 1.17 bits per heavy atom. The fourth-order valence-electron chi connectivity index (χ4n) is 2.57. The van der Waals surface area contributed by atoms with Crippen molar-refractivity contribution in [3.63, 3.8) is 0 Å². The number of rotatable bonds is 5. The van der Waals surface area contributed by atoms with Crippen molar-refractivity contribution in [1.82, 2.24) is 0 Å². The molecule has 1 atom stereocenters. The lowest BCUT2D eigenvalue weighted by Crippen LogP contribution is -2.19. The van der Waals surface area contributed by atoms with E-state index in [1.807, 2.05) is 6.08 Å². The summed E-state index contributed by atoms with van der Waals surface area (Å²) in [6, 6.07) is 0. The molecule has 0 aromatic carbocycles. The Bertz CT molecular complexity index is 585. The molecule has 0 amide bonds. The molecule has 0 fully saturated rings. The zero-order valence-electron chi connectivity index (χ0n) is 16.0. The Morgan fingerprint density at radius 3 is 2.21 bits per heavy atom. The molecular weight excluding hydrogens is 304 g/mol. The van der Waals surface area contributed by atoms with Gasteiger partial charge in [0, 0.05) is 6.42 Å². The van der Waals surface area contributed by atoms with E-state index in [1.165, 1.54) is 25.4 Å². The summed E-state index contributed by atoms with van der Waals surface area (Å²) < 4.78 is 9.63. The number of methoxy groups -OCH3 is 2. The van der Waals surface area contributed by atoms with Crippen molar-refractivity contribution in [1.29, 1.82) is 0 Å². The van der Waals surface area contributed by atoms with E-state index < -0.39 is 11.9 Å². The van der Waals surface area contributed by atoms with Crippen LogP contribution in [0, 0.1) is 11.3 Å². The minimum Gasteiger partial charge on any atom is -0.466 e. The average molecular weight is 334 g/mol. The predicted molar refractivity (Wildman–Crippen MR) is 95.4 cm³/mol. The number of carbonyl (C=O) groups is 2. The summed E-state index contributed by atoms with van der Waals surface area (Å²) in [6.45, 7) is 10.9. The minimum atomic E-state index is -0.457. The van der Waals surface area contributed by atoms with Crippen molar-refractivity contribution in [2.45, 2.75) is 53.9 Å². The molecule has 1 aliphatic carbocycles. The van der Waals surface area contributed by atoms with E-state index >= 15 is 0 Å². The van der Waals surface area contributed by atoms with Crippen LogP contribution in [0.2, 0.25) is 0 Å². The van der Waals surface area contributed by atoms with Gasteiger partial charge in [-0.3, -0.25) is 0 Å². The highest BCUT2D eigenvalue weighted by atomic mass is 16.5. The summed E-state index contributed by atoms with van der Waals surface area (Å²) in [4.78, 5) is 23.9. The second-order valence-corrected chi connectivity index (χ2v) is 7.37. The molecule has 24 heavy (non-hydrogen) atoms. The molecule has 134 valence electrons. The maximum Gasteiger partial charge on any atom is 0.334 e. The predicted octanol–water partition coefficient (Wildman–Crippen LogP) is 4.37. The number of hydrogen-bond donors (Lipinski definition) is 0. The lowest BCUT2D eigenvalue weighted by Gasteiger charge is -2.24. The van der Waals surface area contributed by atoms with Gasteiger partial charge in [-0.05, 0) is 31.1 Å². The Morgan fingerprint density at radius 2 is 1.71 bits per heavy atom. The quantitative estimate of drug-likeness (QED) is 0.553. The molecule has 0 radical (unpaired) electrons. The molecule has 0 saturated carbocycles. The van der Waals surface area contributed by atoms with Gasteiger partial charge in [0.15, 0.2) is 0 Å². The number of ether oxygens (including phenoxy) is 2. The Balaban J connectivity index is 2.92. The molecule has 0 spiro atoms. The molecule has 1 aliphatic rings. The van der Waals surface area contributed by atoms with E-state index in [0.717, 1.165) is 6.42 Å². The minimum absolute atomic E-state index is 0.162. The molecule has 4 heteroatoms. The summed E-state index contributed by atoms with van der Waals surface area (Å²) in [5.41, 5.74) is 3.51. The van der Waals surface area contributed by atoms with Crippen molar-refractivity contribution in [3.8, 4) is 0 Å². The highest BCUT2D eigenvalue weighted by Gasteiger charge is 2.27. The van der Waals surface area contributed by atoms with Crippen LogP contribution in [0.25, 0.3) is 0 Å². The second kappa shape index (κ2) is 8.32. The molecule has 0 heterocycles. The van der Waals surface area contributed by atoms with Crippen molar-refractivity contribution in [2.24, 2.45) is 11.3 Å². The van der Waals surface area contributed by atoms with E-state index in [0.29, 0.717) is 29.9 Å². The summed E-state index contributed by atoms with van der Waals surface area (Å²) in [7, 11) is 2.66. The van der Waals surface area contributed by atoms with Crippen LogP contribution >= 0.6 is 0 Å². The zero-order chi connectivity index (χ0) is 18.5. The van der Waals surface area contributed by atoms with E-state index in [-0.39, 0.29) is 5.41 Å². The molecule has 0 N–H and O–H groups in total. The highest BCUT2D eigenvalue weighted by molar-refractivity contribution is 6.01. The molecule has 0 aromatic heterocycles. The standard InChI is InChI=1S/C20H30O4/c1-13(8-9-14(2)20(3,4)5)15-10-11-16(18(21)23-6)17(12-15)19(22)24-7/h9-10,13H,8,11-12H2,1-7H3/b14-9+. The number of hydrogen-bond acceptors (Lipinski definition) is 4. The maximum atomic E-state index is 12.0. The van der Waals surface area contributed by atoms with Gasteiger partial charge in [0.2, 0.25) is 0 Å². The van der Waals surface area contributed by atoms with Crippen LogP contribution in [-0.2, 0) is 19.1 Å². The molecule has 4 nitrogen and oxygen atoms in total. The second-order valence-electron chi connectivity index (χ2n) is 7.37. The third kappa shape index (κ3) is 5.08. The molecular formula is C20H30O4. The topological polar surface area (TPSA) is 52.6 Å². The van der Waals surface area contributed by atoms with Gasteiger partial charge < -0.3 is 9.47 Å². The van der Waals surface area contributed by atoms with Crippen LogP contribution in [0.1, 0.15) is 53.9 Å². The fourth-order valence-corrected chi connectivity index (χ4v) is 2.57. The van der Waals surface area contributed by atoms with Gasteiger partial charge >= 0.3 is 11.9 Å². The van der Waals surface area contributed by atoms with Crippen LogP contribution < -0.4 is 0 Å². The van der Waals surface area contributed by atoms with Gasteiger partial charge in [0.05, 0.1) is 25.4 Å². The first-order chi connectivity index (χ1) is 11.1. The lowest BCUT2D eigenvalue weighted by atomic mass is 9.82. The van der Waals surface area contributed by atoms with Crippen molar-refractivity contribution < 1.29 is 19.1 Å². The third-order valence-electron chi connectivity index (χ3n) is 4.77. The van der Waals surface area contributed by atoms with Crippen molar-refractivity contribution in [3.05, 3.63) is 34.4 Å². The smallest absolute Gasteiger partial charge is 0.334 e. The van der Waals surface area contributed by atoms with E-state index in [1.54, 1.807) is 0 Å². The third-order valence-corrected chi connectivity index (χ3v) is 4.77. The fraction of sp³-hybridized carbons (Fsp3) is 0.600. The van der Waals surface area contributed by atoms with E-state index in [9.17, 15) is 9.59 Å². The van der Waals surface area contributed by atoms with Gasteiger partial charge in [-0.15, -0.1) is 0 Å². The Labute approximate surface area is 145 Å². The maximum absolute atomic E-state index is 12.0. The van der Waals surface area contributed by atoms with Crippen molar-refractivity contribution in [2.75, 3.05) is 14.2 Å². The Hall–Kier alpha value is -1.84. The van der Waals surface area contributed by atoms with E-state index in [2.05, 4.69) is 40.7 Å². The zero-order valence-corrected chi connectivity index (χ0v) is 16.0. The number of esters is 2. The van der Waals surface area contributed by atoms with Gasteiger partial charge in [0.1, 0.15) is 0 Å². The molecule has 0 saturated heterocycles. The van der Waals surface area contributed by atoms with E-state index in [4.69, 9.17) is 9.47 Å². The van der Waals surface area contributed by atoms with Crippen molar-refractivity contribution >= 4 is 11.9 Å². The van der Waals surface area contributed by atoms with Crippen LogP contribution in [0.4, 0.5) is 0 Å². The summed E-state index contributed by atoms with van der Waals surface area (Å²) in [5.74, 6) is -0.599. The van der Waals surface area contributed by atoms with Crippen LogP contribution in [0.3, 0.4) is 0 Å². The number of carbonyl (C=O) groups excluding carboxylic acids is 2. The summed E-state index contributed by atoms with van der Waals surface area (Å²) >= 11 is 0. The highest BCUT2D eigenvalue weighted by Crippen LogP contribution is 2.33.